The summed E-state index contributed by atoms with van der Waals surface area (Å²) in [5.41, 5.74) is 3.60. The highest BCUT2D eigenvalue weighted by Crippen LogP contribution is 2.33. The molecule has 0 spiro atoms. The fourth-order valence-electron chi connectivity index (χ4n) is 5.12. The average molecular weight is 618 g/mol. The number of rotatable bonds is 6. The van der Waals surface area contributed by atoms with Crippen LogP contribution >= 0.6 is 11.6 Å². The lowest BCUT2D eigenvalue weighted by molar-refractivity contribution is -0.121. The molecule has 0 fully saturated rings. The van der Waals surface area contributed by atoms with Crippen LogP contribution in [0.4, 0.5) is 16.2 Å². The Bertz CT molecular complexity index is 1680. The van der Waals surface area contributed by atoms with Gasteiger partial charge in [0.1, 0.15) is 12.2 Å². The highest BCUT2D eigenvalue weighted by Gasteiger charge is 2.26. The van der Waals surface area contributed by atoms with E-state index in [1.165, 1.54) is 24.2 Å². The number of carbonyl (C=O) groups excluding carboxylic acids is 3. The standard InChI is InChI=1S/C30H32ClN9O4/c1-17(2)21-5-4-6-23(35-27(41)12-7-18-13-19(31)8-11-26(18)40-16-33-38-39-40)28-32-15-25(36-28)22-10-9-20(34-30(43)44-3)14-24(22)37-29(21)42/h7-17,21,23H,4-6H2,1-3H3,(H,32,36)(H,34,43)(H,35,41)(H,37,42)/b12-7+/t21-,23-/m0/s1. The molecule has 3 heterocycles. The van der Waals surface area contributed by atoms with Gasteiger partial charge in [-0.3, -0.25) is 14.9 Å². The molecule has 1 aliphatic heterocycles. The molecule has 2 aromatic carbocycles. The summed E-state index contributed by atoms with van der Waals surface area (Å²) in [5.74, 6) is -0.0772. The van der Waals surface area contributed by atoms with Gasteiger partial charge in [0.05, 0.1) is 36.4 Å². The van der Waals surface area contributed by atoms with Crippen molar-refractivity contribution in [3.8, 4) is 16.9 Å². The Hall–Kier alpha value is -5.04. The predicted octanol–water partition coefficient (Wildman–Crippen LogP) is 5.15. The van der Waals surface area contributed by atoms with Gasteiger partial charge in [0, 0.05) is 33.8 Å². The van der Waals surface area contributed by atoms with Crippen molar-refractivity contribution in [2.75, 3.05) is 17.7 Å². The minimum atomic E-state index is -0.622. The summed E-state index contributed by atoms with van der Waals surface area (Å²) in [5, 5.41) is 20.5. The van der Waals surface area contributed by atoms with Gasteiger partial charge in [-0.2, -0.15) is 4.68 Å². The first kappa shape index (κ1) is 30.4. The third-order valence-electron chi connectivity index (χ3n) is 7.39. The lowest BCUT2D eigenvalue weighted by atomic mass is 9.88. The van der Waals surface area contributed by atoms with Crippen molar-refractivity contribution >= 4 is 47.0 Å². The molecule has 0 saturated heterocycles. The summed E-state index contributed by atoms with van der Waals surface area (Å²) in [6, 6.07) is 9.92. The molecule has 13 nitrogen and oxygen atoms in total. The Morgan fingerprint density at radius 2 is 2.02 bits per heavy atom. The van der Waals surface area contributed by atoms with Crippen LogP contribution in [0.25, 0.3) is 23.0 Å². The molecular formula is C30H32ClN9O4. The smallest absolute Gasteiger partial charge is 0.411 e. The van der Waals surface area contributed by atoms with Crippen LogP contribution in [0.1, 0.15) is 50.5 Å². The molecule has 5 rings (SSSR count). The van der Waals surface area contributed by atoms with Gasteiger partial charge in [-0.25, -0.2) is 9.78 Å². The maximum Gasteiger partial charge on any atom is 0.411 e. The SMILES string of the molecule is COC(=O)Nc1ccc2c(c1)NC(=O)[C@H](C(C)C)CCC[C@H](NC(=O)/C=C/c1cc(Cl)ccc1-n1cnnn1)c1ncc-2[nH]1. The number of imidazole rings is 1. The van der Waals surface area contributed by atoms with E-state index in [1.807, 2.05) is 13.8 Å². The first-order chi connectivity index (χ1) is 21.2. The molecule has 1 aliphatic rings. The normalized spacial score (nSPS) is 16.9. The summed E-state index contributed by atoms with van der Waals surface area (Å²) in [6.07, 6.45) is 7.39. The van der Waals surface area contributed by atoms with Gasteiger partial charge >= 0.3 is 6.09 Å². The highest BCUT2D eigenvalue weighted by molar-refractivity contribution is 6.30. The van der Waals surface area contributed by atoms with Gasteiger partial charge in [-0.05, 0) is 71.7 Å². The number of aromatic amines is 1. The van der Waals surface area contributed by atoms with Crippen LogP contribution in [-0.4, -0.2) is 55.2 Å². The van der Waals surface area contributed by atoms with E-state index in [9.17, 15) is 14.4 Å². The number of benzene rings is 2. The zero-order valence-electron chi connectivity index (χ0n) is 24.4. The summed E-state index contributed by atoms with van der Waals surface area (Å²) in [6.45, 7) is 4.02. The average Bonchev–Trinajstić information content (AvgIpc) is 3.70. The fourth-order valence-corrected chi connectivity index (χ4v) is 5.30. The number of amides is 3. The number of anilines is 2. The molecule has 4 N–H and O–H groups in total. The van der Waals surface area contributed by atoms with Crippen LogP contribution in [0.2, 0.25) is 5.02 Å². The van der Waals surface area contributed by atoms with Gasteiger partial charge in [0.25, 0.3) is 0 Å². The van der Waals surface area contributed by atoms with Gasteiger partial charge in [-0.1, -0.05) is 31.9 Å². The fraction of sp³-hybridized carbons (Fsp3) is 0.300. The number of carbonyl (C=O) groups is 3. The monoisotopic (exact) mass is 617 g/mol. The van der Waals surface area contributed by atoms with Crippen LogP contribution in [0.15, 0.2) is 55.0 Å². The second-order valence-electron chi connectivity index (χ2n) is 10.7. The Balaban J connectivity index is 1.43. The van der Waals surface area contributed by atoms with Crippen molar-refractivity contribution in [1.82, 2.24) is 35.5 Å². The summed E-state index contributed by atoms with van der Waals surface area (Å²) >= 11 is 6.22. The van der Waals surface area contributed by atoms with Gasteiger partial charge < -0.3 is 20.4 Å². The molecule has 2 aromatic heterocycles. The minimum absolute atomic E-state index is 0.0761. The number of aromatic nitrogens is 6. The predicted molar refractivity (Wildman–Crippen MR) is 165 cm³/mol. The Morgan fingerprint density at radius 1 is 1.18 bits per heavy atom. The van der Waals surface area contributed by atoms with E-state index in [2.05, 4.69) is 41.4 Å². The van der Waals surface area contributed by atoms with E-state index in [-0.39, 0.29) is 23.7 Å². The zero-order valence-corrected chi connectivity index (χ0v) is 25.1. The summed E-state index contributed by atoms with van der Waals surface area (Å²) in [4.78, 5) is 46.4. The van der Waals surface area contributed by atoms with Crippen molar-refractivity contribution in [1.29, 1.82) is 0 Å². The van der Waals surface area contributed by atoms with E-state index in [0.717, 1.165) is 0 Å². The third-order valence-corrected chi connectivity index (χ3v) is 7.63. The van der Waals surface area contributed by atoms with E-state index in [0.29, 0.717) is 64.0 Å². The van der Waals surface area contributed by atoms with Crippen LogP contribution in [0.5, 0.6) is 0 Å². The number of hydrogen-bond acceptors (Lipinski definition) is 8. The van der Waals surface area contributed by atoms with Gasteiger partial charge in [0.15, 0.2) is 0 Å². The van der Waals surface area contributed by atoms with Gasteiger partial charge in [-0.15, -0.1) is 5.10 Å². The molecule has 4 aromatic rings. The summed E-state index contributed by atoms with van der Waals surface area (Å²) in [7, 11) is 1.28. The molecule has 0 radical (unpaired) electrons. The number of H-pyrrole nitrogens is 1. The highest BCUT2D eigenvalue weighted by atomic mass is 35.5. The first-order valence-electron chi connectivity index (χ1n) is 14.1. The van der Waals surface area contributed by atoms with E-state index < -0.39 is 12.1 Å². The van der Waals surface area contributed by atoms with Gasteiger partial charge in [0.2, 0.25) is 11.8 Å². The van der Waals surface area contributed by atoms with Crippen molar-refractivity contribution in [2.24, 2.45) is 11.8 Å². The number of fused-ring (bicyclic) bond motifs is 4. The number of tetrazole rings is 1. The first-order valence-corrected chi connectivity index (χ1v) is 14.5. The third kappa shape index (κ3) is 7.11. The van der Waals surface area contributed by atoms with Crippen LogP contribution in [0, 0.1) is 11.8 Å². The maximum absolute atomic E-state index is 13.5. The molecule has 3 amide bonds. The van der Waals surface area contributed by atoms with Crippen molar-refractivity contribution in [3.63, 3.8) is 0 Å². The quantitative estimate of drug-likeness (QED) is 0.215. The molecule has 44 heavy (non-hydrogen) atoms. The largest absolute Gasteiger partial charge is 0.453 e. The van der Waals surface area contributed by atoms with Crippen LogP contribution in [-0.2, 0) is 14.3 Å². The Kier molecular flexibility index (Phi) is 9.34. The zero-order chi connectivity index (χ0) is 31.2. The maximum atomic E-state index is 13.5. The molecule has 0 aliphatic carbocycles. The number of nitrogens with zero attached hydrogens (tertiary/aromatic N) is 5. The molecule has 228 valence electrons. The topological polar surface area (TPSA) is 169 Å². The molecular weight excluding hydrogens is 586 g/mol. The van der Waals surface area contributed by atoms with Crippen molar-refractivity contribution < 1.29 is 19.1 Å². The second kappa shape index (κ2) is 13.5. The number of halogens is 1. The number of ether oxygens (including phenoxy) is 1. The number of nitrogens with one attached hydrogen (secondary N) is 4. The number of methoxy groups -OCH3 is 1. The van der Waals surface area contributed by atoms with Crippen molar-refractivity contribution in [3.05, 3.63) is 71.4 Å². The lowest BCUT2D eigenvalue weighted by Crippen LogP contribution is -2.30. The Labute approximate surface area is 258 Å². The van der Waals surface area contributed by atoms with E-state index in [4.69, 9.17) is 16.3 Å². The molecule has 0 saturated carbocycles. The lowest BCUT2D eigenvalue weighted by Gasteiger charge is -2.23. The van der Waals surface area contributed by atoms with Crippen molar-refractivity contribution in [2.45, 2.75) is 39.2 Å². The molecule has 0 unspecified atom stereocenters. The second-order valence-corrected chi connectivity index (χ2v) is 11.1. The van der Waals surface area contributed by atoms with E-state index in [1.54, 1.807) is 48.7 Å². The molecule has 14 heteroatoms. The van der Waals surface area contributed by atoms with E-state index >= 15 is 0 Å². The van der Waals surface area contributed by atoms with Crippen LogP contribution in [0.3, 0.4) is 0 Å². The number of hydrogen-bond donors (Lipinski definition) is 4. The molecule has 2 bridgehead atoms. The summed E-state index contributed by atoms with van der Waals surface area (Å²) < 4.78 is 6.19. The minimum Gasteiger partial charge on any atom is -0.453 e. The Morgan fingerprint density at radius 3 is 2.77 bits per heavy atom. The van der Waals surface area contributed by atoms with Crippen LogP contribution < -0.4 is 16.0 Å². The molecule has 2 atom stereocenters.